The molecule has 9 heteroatoms. The van der Waals surface area contributed by atoms with Gasteiger partial charge in [-0.1, -0.05) is 0 Å². The van der Waals surface area contributed by atoms with Crippen molar-refractivity contribution in [2.75, 3.05) is 32.7 Å². The van der Waals surface area contributed by atoms with Crippen molar-refractivity contribution < 1.29 is 36.7 Å². The summed E-state index contributed by atoms with van der Waals surface area (Å²) in [5, 5.41) is 8.59. The van der Waals surface area contributed by atoms with Gasteiger partial charge in [-0.15, -0.1) is 0 Å². The largest absolute Gasteiger partial charge is 0.394 e. The van der Waals surface area contributed by atoms with E-state index in [1.165, 1.54) is 0 Å². The van der Waals surface area contributed by atoms with Gasteiger partial charge in [-0.2, -0.15) is 8.42 Å². The molecule has 0 aromatic carbocycles. The van der Waals surface area contributed by atoms with Crippen molar-refractivity contribution in [2.24, 2.45) is 0 Å². The van der Waals surface area contributed by atoms with Gasteiger partial charge in [-0.05, 0) is 27.7 Å². The van der Waals surface area contributed by atoms with Crippen molar-refractivity contribution in [1.82, 2.24) is 0 Å². The molecule has 2 saturated heterocycles. The maximum atomic E-state index is 10.6. The first-order chi connectivity index (χ1) is 9.92. The summed E-state index contributed by atoms with van der Waals surface area (Å²) < 4.78 is 46.8. The summed E-state index contributed by atoms with van der Waals surface area (Å²) in [4.78, 5) is 0. The first-order valence-electron chi connectivity index (χ1n) is 7.01. The highest BCUT2D eigenvalue weighted by atomic mass is 32.2. The lowest BCUT2D eigenvalue weighted by molar-refractivity contribution is -0.142. The number of hydrogen-bond acceptors (Lipinski definition) is 8. The van der Waals surface area contributed by atoms with Crippen LogP contribution in [-0.2, 0) is 33.2 Å². The lowest BCUT2D eigenvalue weighted by Crippen LogP contribution is -2.24. The fraction of sp³-hybridized carbons (Fsp3) is 1.00. The highest BCUT2D eigenvalue weighted by Crippen LogP contribution is 2.22. The van der Waals surface area contributed by atoms with E-state index in [1.54, 1.807) is 13.8 Å². The Bertz CT molecular complexity index is 445. The standard InChI is InChI=1S/C7H14O5S.C6H12O3/c1-7(2)10-4-6(12-7)5-11-13(3,8)9;1-6(2)8-4-5(3-7)9-6/h6H,4-5H2,1-3H3;5,7H,3-4H2,1-2H3/t6-;5-/m01/s1. The van der Waals surface area contributed by atoms with E-state index in [4.69, 9.17) is 24.1 Å². The van der Waals surface area contributed by atoms with Crippen molar-refractivity contribution >= 4 is 10.1 Å². The summed E-state index contributed by atoms with van der Waals surface area (Å²) in [6, 6.07) is 0. The monoisotopic (exact) mass is 342 g/mol. The van der Waals surface area contributed by atoms with Gasteiger partial charge in [0, 0.05) is 0 Å². The Labute approximate surface area is 131 Å². The Hall–Kier alpha value is -0.290. The van der Waals surface area contributed by atoms with E-state index in [1.807, 2.05) is 13.8 Å². The summed E-state index contributed by atoms with van der Waals surface area (Å²) in [5.74, 6) is -1.13. The predicted molar refractivity (Wildman–Crippen MR) is 77.7 cm³/mol. The van der Waals surface area contributed by atoms with Gasteiger partial charge in [0.15, 0.2) is 11.6 Å². The molecule has 0 aromatic rings. The number of hydrogen-bond donors (Lipinski definition) is 1. The topological polar surface area (TPSA) is 101 Å². The Morgan fingerprint density at radius 1 is 1.05 bits per heavy atom. The molecule has 2 rings (SSSR count). The van der Waals surface area contributed by atoms with Crippen LogP contribution in [-0.4, -0.2) is 70.0 Å². The van der Waals surface area contributed by atoms with E-state index in [9.17, 15) is 8.42 Å². The Morgan fingerprint density at radius 3 is 1.77 bits per heavy atom. The predicted octanol–water partition coefficient (Wildman–Crippen LogP) is 0.244. The molecule has 0 spiro atoms. The average Bonchev–Trinajstić information content (AvgIpc) is 2.89. The minimum Gasteiger partial charge on any atom is -0.394 e. The van der Waals surface area contributed by atoms with Crippen molar-refractivity contribution in [3.05, 3.63) is 0 Å². The second-order valence-corrected chi connectivity index (χ2v) is 7.72. The van der Waals surface area contributed by atoms with Crippen LogP contribution in [0.3, 0.4) is 0 Å². The van der Waals surface area contributed by atoms with Crippen LogP contribution in [0.15, 0.2) is 0 Å². The fourth-order valence-corrected chi connectivity index (χ4v) is 2.30. The summed E-state index contributed by atoms with van der Waals surface area (Å²) in [7, 11) is -3.38. The van der Waals surface area contributed by atoms with Crippen LogP contribution < -0.4 is 0 Å². The van der Waals surface area contributed by atoms with Gasteiger partial charge < -0.3 is 24.1 Å². The zero-order valence-corrected chi connectivity index (χ0v) is 14.5. The molecule has 1 N–H and O–H groups in total. The van der Waals surface area contributed by atoms with Crippen LogP contribution in [0.5, 0.6) is 0 Å². The molecule has 2 heterocycles. The Balaban J connectivity index is 0.000000235. The van der Waals surface area contributed by atoms with Gasteiger partial charge in [0.25, 0.3) is 10.1 Å². The number of ether oxygens (including phenoxy) is 4. The molecule has 22 heavy (non-hydrogen) atoms. The molecule has 8 nitrogen and oxygen atoms in total. The third kappa shape index (κ3) is 7.82. The fourth-order valence-electron chi connectivity index (χ4n) is 1.90. The molecule has 2 fully saturated rings. The maximum Gasteiger partial charge on any atom is 0.264 e. The van der Waals surface area contributed by atoms with Crippen molar-refractivity contribution in [3.8, 4) is 0 Å². The van der Waals surface area contributed by atoms with Crippen molar-refractivity contribution in [2.45, 2.75) is 51.5 Å². The summed E-state index contributed by atoms with van der Waals surface area (Å²) >= 11 is 0. The lowest BCUT2D eigenvalue weighted by atomic mass is 10.4. The Kier molecular flexibility index (Phi) is 6.75. The van der Waals surface area contributed by atoms with E-state index in [0.29, 0.717) is 13.2 Å². The van der Waals surface area contributed by atoms with E-state index in [2.05, 4.69) is 4.18 Å². The van der Waals surface area contributed by atoms with Gasteiger partial charge in [-0.25, -0.2) is 0 Å². The number of rotatable bonds is 4. The number of aliphatic hydroxyl groups excluding tert-OH is 1. The molecule has 0 aromatic heterocycles. The van der Waals surface area contributed by atoms with Gasteiger partial charge in [-0.3, -0.25) is 4.18 Å². The number of aliphatic hydroxyl groups is 1. The summed E-state index contributed by atoms with van der Waals surface area (Å²) in [6.45, 7) is 8.14. The van der Waals surface area contributed by atoms with Crippen LogP contribution in [0.4, 0.5) is 0 Å². The molecule has 0 radical (unpaired) electrons. The minimum atomic E-state index is -3.38. The van der Waals surface area contributed by atoms with E-state index in [-0.39, 0.29) is 25.4 Å². The van der Waals surface area contributed by atoms with Crippen molar-refractivity contribution in [1.29, 1.82) is 0 Å². The summed E-state index contributed by atoms with van der Waals surface area (Å²) in [6.07, 6.45) is 0.582. The van der Waals surface area contributed by atoms with E-state index < -0.39 is 21.7 Å². The summed E-state index contributed by atoms with van der Waals surface area (Å²) in [5.41, 5.74) is 0. The first kappa shape index (κ1) is 19.8. The zero-order valence-electron chi connectivity index (χ0n) is 13.7. The second kappa shape index (κ2) is 7.52. The quantitative estimate of drug-likeness (QED) is 0.726. The van der Waals surface area contributed by atoms with Gasteiger partial charge in [0.05, 0.1) is 32.7 Å². The molecular formula is C13H26O8S. The molecule has 0 unspecified atom stereocenters. The zero-order chi connectivity index (χ0) is 17.0. The third-order valence-corrected chi connectivity index (χ3v) is 3.37. The SMILES string of the molecule is CC1(C)OC[C@@H](CO)O1.CC1(C)OC[C@@H](COS(C)(=O)=O)O1. The van der Waals surface area contributed by atoms with Gasteiger partial charge in [0.1, 0.15) is 12.2 Å². The van der Waals surface area contributed by atoms with E-state index in [0.717, 1.165) is 6.26 Å². The molecule has 2 aliphatic rings. The lowest BCUT2D eigenvalue weighted by Gasteiger charge is -2.16. The third-order valence-electron chi connectivity index (χ3n) is 2.81. The maximum absolute atomic E-state index is 10.6. The first-order valence-corrected chi connectivity index (χ1v) is 8.83. The highest BCUT2D eigenvalue weighted by Gasteiger charge is 2.33. The molecule has 132 valence electrons. The highest BCUT2D eigenvalue weighted by molar-refractivity contribution is 7.85. The Morgan fingerprint density at radius 2 is 1.50 bits per heavy atom. The van der Waals surface area contributed by atoms with Crippen LogP contribution in [0, 0.1) is 0 Å². The molecular weight excluding hydrogens is 316 g/mol. The van der Waals surface area contributed by atoms with E-state index >= 15 is 0 Å². The van der Waals surface area contributed by atoms with Gasteiger partial charge >= 0.3 is 0 Å². The molecule has 0 bridgehead atoms. The second-order valence-electron chi connectivity index (χ2n) is 6.07. The minimum absolute atomic E-state index is 0.0161. The normalized spacial score (nSPS) is 29.9. The smallest absolute Gasteiger partial charge is 0.264 e. The van der Waals surface area contributed by atoms with Crippen LogP contribution >= 0.6 is 0 Å². The molecule has 0 amide bonds. The van der Waals surface area contributed by atoms with Crippen molar-refractivity contribution in [3.63, 3.8) is 0 Å². The molecule has 2 aliphatic heterocycles. The molecule has 0 saturated carbocycles. The molecule has 0 aliphatic carbocycles. The van der Waals surface area contributed by atoms with Gasteiger partial charge in [0.2, 0.25) is 0 Å². The van der Waals surface area contributed by atoms with Crippen LogP contribution in [0.1, 0.15) is 27.7 Å². The molecule has 2 atom stereocenters. The average molecular weight is 342 g/mol. The van der Waals surface area contributed by atoms with Crippen LogP contribution in [0.25, 0.3) is 0 Å². The van der Waals surface area contributed by atoms with Crippen LogP contribution in [0.2, 0.25) is 0 Å².